The number of hydrogen-bond acceptors (Lipinski definition) is 5. The molecule has 0 aromatic carbocycles. The smallest absolute Gasteiger partial charge is 0.418 e. The van der Waals surface area contributed by atoms with Gasteiger partial charge in [-0.2, -0.15) is 0 Å². The molecule has 1 N–H and O–H groups in total. The van der Waals surface area contributed by atoms with Gasteiger partial charge in [0.1, 0.15) is 5.60 Å². The molecule has 1 aromatic heterocycles. The van der Waals surface area contributed by atoms with Gasteiger partial charge in [-0.05, 0) is 20.8 Å². The highest BCUT2D eigenvalue weighted by molar-refractivity contribution is 5.87. The Balaban J connectivity index is 2.78. The Labute approximate surface area is 98.0 Å². The zero-order valence-corrected chi connectivity index (χ0v) is 10.1. The van der Waals surface area contributed by atoms with E-state index in [0.29, 0.717) is 0 Å². The standard InChI is InChI=1S/C10H14N2O5/c1-10(2,3)17-9(15)12(4)8-11-5-6(16-8)7(13)14/h5H,1-4H3,(H,13,14). The molecule has 0 atom stereocenters. The first-order chi connectivity index (χ1) is 7.70. The fourth-order valence-electron chi connectivity index (χ4n) is 0.927. The van der Waals surface area contributed by atoms with Crippen molar-refractivity contribution in [2.24, 2.45) is 0 Å². The van der Waals surface area contributed by atoms with Crippen molar-refractivity contribution in [2.45, 2.75) is 26.4 Å². The van der Waals surface area contributed by atoms with Gasteiger partial charge >= 0.3 is 18.1 Å². The number of aromatic carboxylic acids is 1. The Morgan fingerprint density at radius 1 is 1.47 bits per heavy atom. The molecule has 7 heteroatoms. The maximum atomic E-state index is 11.6. The number of carbonyl (C=O) groups excluding carboxylic acids is 1. The quantitative estimate of drug-likeness (QED) is 0.849. The molecule has 0 bridgehead atoms. The minimum atomic E-state index is -1.25. The zero-order valence-electron chi connectivity index (χ0n) is 10.1. The van der Waals surface area contributed by atoms with Gasteiger partial charge in [-0.1, -0.05) is 0 Å². The lowest BCUT2D eigenvalue weighted by molar-refractivity contribution is 0.0574. The van der Waals surface area contributed by atoms with Crippen molar-refractivity contribution in [3.63, 3.8) is 0 Å². The second-order valence-corrected chi connectivity index (χ2v) is 4.35. The van der Waals surface area contributed by atoms with E-state index in [0.717, 1.165) is 11.1 Å². The monoisotopic (exact) mass is 242 g/mol. The van der Waals surface area contributed by atoms with Gasteiger partial charge < -0.3 is 14.3 Å². The summed E-state index contributed by atoms with van der Waals surface area (Å²) in [7, 11) is 1.38. The van der Waals surface area contributed by atoms with Crippen molar-refractivity contribution in [1.82, 2.24) is 4.98 Å². The van der Waals surface area contributed by atoms with Gasteiger partial charge in [0.2, 0.25) is 5.76 Å². The number of amides is 1. The maximum Gasteiger partial charge on any atom is 0.418 e. The van der Waals surface area contributed by atoms with E-state index in [2.05, 4.69) is 4.98 Å². The summed E-state index contributed by atoms with van der Waals surface area (Å²) >= 11 is 0. The topological polar surface area (TPSA) is 92.9 Å². The molecule has 0 saturated carbocycles. The average molecular weight is 242 g/mol. The third-order valence-corrected chi connectivity index (χ3v) is 1.66. The number of oxazole rings is 1. The minimum Gasteiger partial charge on any atom is -0.475 e. The lowest BCUT2D eigenvalue weighted by Crippen LogP contribution is -2.34. The van der Waals surface area contributed by atoms with Crippen molar-refractivity contribution in [3.8, 4) is 0 Å². The van der Waals surface area contributed by atoms with Crippen LogP contribution in [0.25, 0.3) is 0 Å². The molecule has 1 amide bonds. The van der Waals surface area contributed by atoms with Crippen LogP contribution in [0.2, 0.25) is 0 Å². The normalized spacial score (nSPS) is 11.1. The van der Waals surface area contributed by atoms with Crippen molar-refractivity contribution in [3.05, 3.63) is 12.0 Å². The van der Waals surface area contributed by atoms with Gasteiger partial charge in [-0.25, -0.2) is 19.5 Å². The van der Waals surface area contributed by atoms with Crippen molar-refractivity contribution >= 4 is 18.1 Å². The SMILES string of the molecule is CN(C(=O)OC(C)(C)C)c1ncc(C(=O)O)o1. The number of ether oxygens (including phenoxy) is 1. The number of rotatable bonds is 2. The second-order valence-electron chi connectivity index (χ2n) is 4.35. The molecule has 0 aliphatic heterocycles. The van der Waals surface area contributed by atoms with E-state index >= 15 is 0 Å². The van der Waals surface area contributed by atoms with Crippen molar-refractivity contribution in [1.29, 1.82) is 0 Å². The third kappa shape index (κ3) is 3.47. The van der Waals surface area contributed by atoms with E-state index in [1.54, 1.807) is 20.8 Å². The number of anilines is 1. The number of aromatic nitrogens is 1. The molecule has 0 unspecified atom stereocenters. The van der Waals surface area contributed by atoms with Crippen LogP contribution in [0.15, 0.2) is 10.6 Å². The Morgan fingerprint density at radius 3 is 2.47 bits per heavy atom. The van der Waals surface area contributed by atoms with E-state index in [1.165, 1.54) is 7.05 Å². The van der Waals surface area contributed by atoms with Gasteiger partial charge in [0.05, 0.1) is 6.20 Å². The van der Waals surface area contributed by atoms with Gasteiger partial charge in [-0.15, -0.1) is 0 Å². The van der Waals surface area contributed by atoms with Crippen molar-refractivity contribution in [2.75, 3.05) is 11.9 Å². The molecule has 7 nitrogen and oxygen atoms in total. The predicted molar refractivity (Wildman–Crippen MR) is 58.1 cm³/mol. The minimum absolute atomic E-state index is 0.128. The fourth-order valence-corrected chi connectivity index (χ4v) is 0.927. The summed E-state index contributed by atoms with van der Waals surface area (Å²) in [6.45, 7) is 5.16. The zero-order chi connectivity index (χ0) is 13.2. The van der Waals surface area contributed by atoms with Gasteiger partial charge in [0.15, 0.2) is 0 Å². The van der Waals surface area contributed by atoms with E-state index in [-0.39, 0.29) is 11.8 Å². The summed E-state index contributed by atoms with van der Waals surface area (Å²) in [6, 6.07) is -0.128. The molecular formula is C10H14N2O5. The summed E-state index contributed by atoms with van der Waals surface area (Å²) in [5, 5.41) is 8.64. The Bertz CT molecular complexity index is 432. The molecule has 0 aliphatic rings. The molecule has 0 aliphatic carbocycles. The van der Waals surface area contributed by atoms with Crippen molar-refractivity contribution < 1.29 is 23.8 Å². The van der Waals surface area contributed by atoms with E-state index in [1.807, 2.05) is 0 Å². The lowest BCUT2D eigenvalue weighted by Gasteiger charge is -2.22. The highest BCUT2D eigenvalue weighted by Gasteiger charge is 2.24. The molecule has 1 rings (SSSR count). The van der Waals surface area contributed by atoms with E-state index in [4.69, 9.17) is 14.3 Å². The molecule has 94 valence electrons. The van der Waals surface area contributed by atoms with Gasteiger partial charge in [-0.3, -0.25) is 0 Å². The number of carboxylic acids is 1. The Kier molecular flexibility index (Phi) is 3.40. The molecule has 0 spiro atoms. The Morgan fingerprint density at radius 2 is 2.06 bits per heavy atom. The van der Waals surface area contributed by atoms with Crippen LogP contribution in [0.4, 0.5) is 10.8 Å². The number of carbonyl (C=O) groups is 2. The van der Waals surface area contributed by atoms with E-state index in [9.17, 15) is 9.59 Å². The lowest BCUT2D eigenvalue weighted by atomic mass is 10.2. The molecular weight excluding hydrogens is 228 g/mol. The molecule has 0 saturated heterocycles. The molecule has 1 heterocycles. The van der Waals surface area contributed by atoms with Crippen LogP contribution < -0.4 is 4.90 Å². The third-order valence-electron chi connectivity index (χ3n) is 1.66. The number of hydrogen-bond donors (Lipinski definition) is 1. The largest absolute Gasteiger partial charge is 0.475 e. The van der Waals surface area contributed by atoms with Crippen LogP contribution in [-0.2, 0) is 4.74 Å². The molecule has 0 fully saturated rings. The summed E-state index contributed by atoms with van der Waals surface area (Å²) < 4.78 is 9.92. The van der Waals surface area contributed by atoms with Crippen LogP contribution in [0.3, 0.4) is 0 Å². The average Bonchev–Trinajstić information content (AvgIpc) is 2.62. The molecule has 17 heavy (non-hydrogen) atoms. The highest BCUT2D eigenvalue weighted by atomic mass is 16.6. The highest BCUT2D eigenvalue weighted by Crippen LogP contribution is 2.16. The number of carboxylic acid groups (broad SMARTS) is 1. The van der Waals surface area contributed by atoms with Crippen LogP contribution >= 0.6 is 0 Å². The first-order valence-electron chi connectivity index (χ1n) is 4.86. The van der Waals surface area contributed by atoms with Crippen LogP contribution in [0.5, 0.6) is 0 Å². The first kappa shape index (κ1) is 13.0. The summed E-state index contributed by atoms with van der Waals surface area (Å²) in [5.41, 5.74) is -0.645. The van der Waals surface area contributed by atoms with Gasteiger partial charge in [0.25, 0.3) is 0 Å². The summed E-state index contributed by atoms with van der Waals surface area (Å²) in [5.74, 6) is -1.59. The van der Waals surface area contributed by atoms with Crippen LogP contribution in [0.1, 0.15) is 31.3 Å². The maximum absolute atomic E-state index is 11.6. The van der Waals surface area contributed by atoms with E-state index < -0.39 is 17.7 Å². The second kappa shape index (κ2) is 4.44. The molecule has 0 radical (unpaired) electrons. The summed E-state index contributed by atoms with van der Waals surface area (Å²) in [6.07, 6.45) is 0.356. The predicted octanol–water partition coefficient (Wildman–Crippen LogP) is 1.74. The van der Waals surface area contributed by atoms with Gasteiger partial charge in [0, 0.05) is 7.05 Å². The fraction of sp³-hybridized carbons (Fsp3) is 0.500. The molecule has 1 aromatic rings. The Hall–Kier alpha value is -2.05. The number of nitrogens with zero attached hydrogens (tertiary/aromatic N) is 2. The first-order valence-corrected chi connectivity index (χ1v) is 4.86. The van der Waals surface area contributed by atoms with Crippen LogP contribution in [-0.4, -0.2) is 34.8 Å². The van der Waals surface area contributed by atoms with Crippen LogP contribution in [0, 0.1) is 0 Å². The summed E-state index contributed by atoms with van der Waals surface area (Å²) in [4.78, 5) is 26.8.